The second-order valence-electron chi connectivity index (χ2n) is 6.11. The van der Waals surface area contributed by atoms with Crippen molar-refractivity contribution in [3.05, 3.63) is 40.9 Å². The molecule has 1 aliphatic heterocycles. The van der Waals surface area contributed by atoms with Gasteiger partial charge in [-0.15, -0.1) is 11.3 Å². The molecule has 0 radical (unpaired) electrons. The van der Waals surface area contributed by atoms with E-state index >= 15 is 0 Å². The van der Waals surface area contributed by atoms with Crippen LogP contribution >= 0.6 is 11.3 Å². The van der Waals surface area contributed by atoms with Gasteiger partial charge in [-0.25, -0.2) is 4.98 Å². The van der Waals surface area contributed by atoms with Gasteiger partial charge >= 0.3 is 0 Å². The van der Waals surface area contributed by atoms with Gasteiger partial charge in [-0.3, -0.25) is 4.79 Å². The number of nitrogens with zero attached hydrogens (tertiary/aromatic N) is 1. The molecule has 1 aromatic carbocycles. The minimum Gasteiger partial charge on any atom is -0.351 e. The molecule has 122 valence electrons. The molecule has 0 aliphatic carbocycles. The average molecular weight is 329 g/mol. The van der Waals surface area contributed by atoms with Crippen molar-refractivity contribution in [2.24, 2.45) is 5.92 Å². The van der Waals surface area contributed by atoms with E-state index in [0.717, 1.165) is 36.6 Å². The van der Waals surface area contributed by atoms with Crippen molar-refractivity contribution >= 4 is 17.2 Å². The van der Waals surface area contributed by atoms with Crippen LogP contribution in [-0.4, -0.2) is 30.5 Å². The van der Waals surface area contributed by atoms with E-state index in [-0.39, 0.29) is 5.91 Å². The summed E-state index contributed by atoms with van der Waals surface area (Å²) in [4.78, 5) is 16.7. The summed E-state index contributed by atoms with van der Waals surface area (Å²) in [5.74, 6) is 0.617. The number of aromatic nitrogens is 1. The molecule has 2 N–H and O–H groups in total. The Hall–Kier alpha value is -1.72. The van der Waals surface area contributed by atoms with Gasteiger partial charge in [-0.05, 0) is 50.8 Å². The van der Waals surface area contributed by atoms with Gasteiger partial charge < -0.3 is 10.6 Å². The van der Waals surface area contributed by atoms with Gasteiger partial charge in [-0.2, -0.15) is 0 Å². The number of amides is 1. The predicted octanol–water partition coefficient (Wildman–Crippen LogP) is 3.24. The third-order valence-corrected chi connectivity index (χ3v) is 5.22. The van der Waals surface area contributed by atoms with Crippen LogP contribution < -0.4 is 10.6 Å². The van der Waals surface area contributed by atoms with Crippen LogP contribution in [-0.2, 0) is 0 Å². The minimum atomic E-state index is -0.0650. The maximum Gasteiger partial charge on any atom is 0.270 e. The monoisotopic (exact) mass is 329 g/mol. The molecule has 2 heterocycles. The fourth-order valence-corrected chi connectivity index (χ4v) is 3.86. The van der Waals surface area contributed by atoms with E-state index in [0.29, 0.717) is 11.6 Å². The quantitative estimate of drug-likeness (QED) is 0.885. The SMILES string of the molecule is Cc1ccccc1-c1nc(C(=O)NCCC2CCCNC2)cs1. The molecule has 1 fully saturated rings. The van der Waals surface area contributed by atoms with E-state index < -0.39 is 0 Å². The molecule has 1 saturated heterocycles. The lowest BCUT2D eigenvalue weighted by molar-refractivity contribution is 0.0946. The smallest absolute Gasteiger partial charge is 0.270 e. The molecule has 5 heteroatoms. The van der Waals surface area contributed by atoms with Gasteiger partial charge in [0.15, 0.2) is 0 Å². The largest absolute Gasteiger partial charge is 0.351 e. The molecule has 1 atom stereocenters. The zero-order valence-electron chi connectivity index (χ0n) is 13.5. The summed E-state index contributed by atoms with van der Waals surface area (Å²) in [6.07, 6.45) is 3.54. The molecule has 23 heavy (non-hydrogen) atoms. The highest BCUT2D eigenvalue weighted by Gasteiger charge is 2.15. The molecule has 1 amide bonds. The summed E-state index contributed by atoms with van der Waals surface area (Å²) < 4.78 is 0. The van der Waals surface area contributed by atoms with Gasteiger partial charge in [0.2, 0.25) is 0 Å². The van der Waals surface area contributed by atoms with Crippen molar-refractivity contribution in [1.82, 2.24) is 15.6 Å². The maximum atomic E-state index is 12.2. The van der Waals surface area contributed by atoms with Crippen molar-refractivity contribution in [2.45, 2.75) is 26.2 Å². The van der Waals surface area contributed by atoms with E-state index in [1.807, 2.05) is 23.6 Å². The van der Waals surface area contributed by atoms with Crippen LogP contribution in [0.1, 0.15) is 35.3 Å². The number of piperidine rings is 1. The van der Waals surface area contributed by atoms with E-state index in [2.05, 4.69) is 28.6 Å². The normalized spacial score (nSPS) is 17.9. The lowest BCUT2D eigenvalue weighted by Gasteiger charge is -2.22. The van der Waals surface area contributed by atoms with Crippen molar-refractivity contribution in [1.29, 1.82) is 0 Å². The number of benzene rings is 1. The fraction of sp³-hybridized carbons (Fsp3) is 0.444. The predicted molar refractivity (Wildman–Crippen MR) is 94.8 cm³/mol. The van der Waals surface area contributed by atoms with Crippen LogP contribution in [0.2, 0.25) is 0 Å². The number of aryl methyl sites for hydroxylation is 1. The fourth-order valence-electron chi connectivity index (χ4n) is 2.97. The lowest BCUT2D eigenvalue weighted by atomic mass is 9.96. The molecule has 0 bridgehead atoms. The van der Waals surface area contributed by atoms with E-state index in [1.54, 1.807) is 0 Å². The van der Waals surface area contributed by atoms with E-state index in [1.165, 1.54) is 29.7 Å². The van der Waals surface area contributed by atoms with Crippen LogP contribution in [0.5, 0.6) is 0 Å². The lowest BCUT2D eigenvalue weighted by Crippen LogP contribution is -2.33. The number of carbonyl (C=O) groups excluding carboxylic acids is 1. The standard InChI is InChI=1S/C18H23N3OS/c1-13-5-2-3-7-15(13)18-21-16(12-23-18)17(22)20-10-8-14-6-4-9-19-11-14/h2-3,5,7,12,14,19H,4,6,8-11H2,1H3,(H,20,22). The van der Waals surface area contributed by atoms with Crippen molar-refractivity contribution in [2.75, 3.05) is 19.6 Å². The molecule has 0 spiro atoms. The Kier molecular flexibility index (Phi) is 5.41. The first-order chi connectivity index (χ1) is 11.2. The highest BCUT2D eigenvalue weighted by molar-refractivity contribution is 7.13. The van der Waals surface area contributed by atoms with Gasteiger partial charge in [0.25, 0.3) is 5.91 Å². The summed E-state index contributed by atoms with van der Waals surface area (Å²) in [7, 11) is 0. The van der Waals surface area contributed by atoms with Crippen LogP contribution in [0.3, 0.4) is 0 Å². The number of thiazole rings is 1. The maximum absolute atomic E-state index is 12.2. The Balaban J connectivity index is 1.55. The Morgan fingerprint density at radius 1 is 1.43 bits per heavy atom. The van der Waals surface area contributed by atoms with Crippen LogP contribution in [0.15, 0.2) is 29.6 Å². The third kappa shape index (κ3) is 4.18. The Morgan fingerprint density at radius 3 is 3.09 bits per heavy atom. The number of hydrogen-bond acceptors (Lipinski definition) is 4. The Labute approximate surface area is 141 Å². The zero-order valence-corrected chi connectivity index (χ0v) is 14.3. The molecule has 3 rings (SSSR count). The van der Waals surface area contributed by atoms with E-state index in [9.17, 15) is 4.79 Å². The summed E-state index contributed by atoms with van der Waals surface area (Å²) in [5, 5.41) is 9.16. The van der Waals surface area contributed by atoms with Gasteiger partial charge in [0, 0.05) is 17.5 Å². The summed E-state index contributed by atoms with van der Waals surface area (Å²) in [6, 6.07) is 8.13. The van der Waals surface area contributed by atoms with Gasteiger partial charge in [0.05, 0.1) is 0 Å². The molecular formula is C18H23N3OS. The molecule has 1 unspecified atom stereocenters. The Bertz CT molecular complexity index is 662. The number of hydrogen-bond donors (Lipinski definition) is 2. The summed E-state index contributed by atoms with van der Waals surface area (Å²) in [6.45, 7) is 4.99. The average Bonchev–Trinajstić information content (AvgIpc) is 3.06. The molecule has 1 aromatic heterocycles. The van der Waals surface area contributed by atoms with Crippen LogP contribution in [0.4, 0.5) is 0 Å². The Morgan fingerprint density at radius 2 is 2.30 bits per heavy atom. The van der Waals surface area contributed by atoms with Crippen molar-refractivity contribution in [3.63, 3.8) is 0 Å². The first-order valence-corrected chi connectivity index (χ1v) is 9.12. The number of nitrogens with one attached hydrogen (secondary N) is 2. The molecule has 4 nitrogen and oxygen atoms in total. The minimum absolute atomic E-state index is 0.0650. The van der Waals surface area contributed by atoms with Crippen molar-refractivity contribution < 1.29 is 4.79 Å². The molecule has 0 saturated carbocycles. The van der Waals surface area contributed by atoms with Crippen molar-refractivity contribution in [3.8, 4) is 10.6 Å². The summed E-state index contributed by atoms with van der Waals surface area (Å²) in [5.41, 5.74) is 2.80. The molecule has 2 aromatic rings. The number of carbonyl (C=O) groups is 1. The summed E-state index contributed by atoms with van der Waals surface area (Å²) >= 11 is 1.52. The molecule has 1 aliphatic rings. The highest BCUT2D eigenvalue weighted by atomic mass is 32.1. The zero-order chi connectivity index (χ0) is 16.1. The van der Waals surface area contributed by atoms with Gasteiger partial charge in [0.1, 0.15) is 10.7 Å². The second kappa shape index (κ2) is 7.70. The van der Waals surface area contributed by atoms with Gasteiger partial charge in [-0.1, -0.05) is 24.3 Å². The third-order valence-electron chi connectivity index (χ3n) is 4.35. The topological polar surface area (TPSA) is 54.0 Å². The number of rotatable bonds is 5. The first-order valence-electron chi connectivity index (χ1n) is 8.24. The molecular weight excluding hydrogens is 306 g/mol. The van der Waals surface area contributed by atoms with E-state index in [4.69, 9.17) is 0 Å². The second-order valence-corrected chi connectivity index (χ2v) is 6.97. The first kappa shape index (κ1) is 16.1. The van der Waals surface area contributed by atoms with Crippen LogP contribution in [0.25, 0.3) is 10.6 Å². The highest BCUT2D eigenvalue weighted by Crippen LogP contribution is 2.26. The van der Waals surface area contributed by atoms with Crippen LogP contribution in [0, 0.1) is 12.8 Å².